The molecule has 1 aromatic carbocycles. The van der Waals surface area contributed by atoms with Crippen LogP contribution in [-0.2, 0) is 25.1 Å². The SMILES string of the molecule is CCOC(=O)CC(=O)CS(=O)c1ccc(C)c(C)c1. The van der Waals surface area contributed by atoms with Gasteiger partial charge in [-0.05, 0) is 44.0 Å². The summed E-state index contributed by atoms with van der Waals surface area (Å²) in [7, 11) is -1.41. The molecule has 0 fully saturated rings. The van der Waals surface area contributed by atoms with E-state index in [0.29, 0.717) is 4.90 Å². The van der Waals surface area contributed by atoms with Gasteiger partial charge in [0.15, 0.2) is 5.78 Å². The van der Waals surface area contributed by atoms with Gasteiger partial charge in [-0.15, -0.1) is 0 Å². The molecule has 0 radical (unpaired) electrons. The lowest BCUT2D eigenvalue weighted by Crippen LogP contribution is -2.17. The van der Waals surface area contributed by atoms with Crippen molar-refractivity contribution in [1.82, 2.24) is 0 Å². The third kappa shape index (κ3) is 4.95. The number of benzene rings is 1. The van der Waals surface area contributed by atoms with E-state index in [1.54, 1.807) is 13.0 Å². The zero-order valence-electron chi connectivity index (χ0n) is 11.4. The molecule has 0 aromatic heterocycles. The third-order valence-corrected chi connectivity index (χ3v) is 4.04. The molecule has 0 N–H and O–H groups in total. The number of hydrogen-bond donors (Lipinski definition) is 0. The lowest BCUT2D eigenvalue weighted by Gasteiger charge is -2.05. The fraction of sp³-hybridized carbons (Fsp3) is 0.429. The Hall–Kier alpha value is -1.49. The first-order valence-electron chi connectivity index (χ1n) is 6.07. The van der Waals surface area contributed by atoms with E-state index in [0.717, 1.165) is 11.1 Å². The van der Waals surface area contributed by atoms with Gasteiger partial charge in [0.05, 0.1) is 23.2 Å². The average Bonchev–Trinajstić information content (AvgIpc) is 2.32. The van der Waals surface area contributed by atoms with E-state index in [9.17, 15) is 13.8 Å². The van der Waals surface area contributed by atoms with E-state index >= 15 is 0 Å². The summed E-state index contributed by atoms with van der Waals surface area (Å²) in [4.78, 5) is 23.3. The van der Waals surface area contributed by atoms with Gasteiger partial charge in [-0.1, -0.05) is 6.07 Å². The van der Waals surface area contributed by atoms with Crippen molar-refractivity contribution in [1.29, 1.82) is 0 Å². The predicted molar refractivity (Wildman–Crippen MR) is 73.4 cm³/mol. The van der Waals surface area contributed by atoms with Crippen LogP contribution in [0.2, 0.25) is 0 Å². The molecule has 0 amide bonds. The maximum Gasteiger partial charge on any atom is 0.313 e. The zero-order chi connectivity index (χ0) is 14.4. The molecular weight excluding hydrogens is 264 g/mol. The van der Waals surface area contributed by atoms with Gasteiger partial charge in [-0.3, -0.25) is 13.8 Å². The second-order valence-corrected chi connectivity index (χ2v) is 5.71. The Kier molecular flexibility index (Phi) is 5.89. The van der Waals surface area contributed by atoms with E-state index in [1.807, 2.05) is 26.0 Å². The molecule has 1 aromatic rings. The minimum Gasteiger partial charge on any atom is -0.466 e. The van der Waals surface area contributed by atoms with Crippen LogP contribution in [0.5, 0.6) is 0 Å². The Bertz CT molecular complexity index is 508. The summed E-state index contributed by atoms with van der Waals surface area (Å²) >= 11 is 0. The maximum atomic E-state index is 12.0. The first-order chi connectivity index (χ1) is 8.93. The summed E-state index contributed by atoms with van der Waals surface area (Å²) in [5, 5.41) is 0. The predicted octanol–water partition coefficient (Wildman–Crippen LogP) is 1.93. The summed E-state index contributed by atoms with van der Waals surface area (Å²) in [6.45, 7) is 5.81. The highest BCUT2D eigenvalue weighted by Crippen LogP contribution is 2.13. The molecular formula is C14H18O4S. The van der Waals surface area contributed by atoms with Crippen LogP contribution in [0, 0.1) is 13.8 Å². The fourth-order valence-corrected chi connectivity index (χ4v) is 2.60. The van der Waals surface area contributed by atoms with Gasteiger partial charge in [0.2, 0.25) is 0 Å². The molecule has 1 unspecified atom stereocenters. The highest BCUT2D eigenvalue weighted by Gasteiger charge is 2.15. The Labute approximate surface area is 115 Å². The summed E-state index contributed by atoms with van der Waals surface area (Å²) in [6.07, 6.45) is -0.315. The quantitative estimate of drug-likeness (QED) is 0.591. The van der Waals surface area contributed by atoms with E-state index in [2.05, 4.69) is 4.74 Å². The van der Waals surface area contributed by atoms with Gasteiger partial charge in [0.25, 0.3) is 0 Å². The van der Waals surface area contributed by atoms with Crippen molar-refractivity contribution >= 4 is 22.6 Å². The van der Waals surface area contributed by atoms with Crippen molar-refractivity contribution in [3.05, 3.63) is 29.3 Å². The topological polar surface area (TPSA) is 60.4 Å². The summed E-state index contributed by atoms with van der Waals surface area (Å²) in [5.74, 6) is -1.08. The highest BCUT2D eigenvalue weighted by atomic mass is 32.2. The van der Waals surface area contributed by atoms with Crippen molar-refractivity contribution in [2.24, 2.45) is 0 Å². The summed E-state index contributed by atoms with van der Waals surface area (Å²) in [5.41, 5.74) is 2.14. The minimum atomic E-state index is -1.41. The Morgan fingerprint density at radius 2 is 1.89 bits per heavy atom. The number of esters is 1. The molecule has 0 aliphatic heterocycles. The highest BCUT2D eigenvalue weighted by molar-refractivity contribution is 7.85. The van der Waals surface area contributed by atoms with Crippen LogP contribution in [0.1, 0.15) is 24.5 Å². The lowest BCUT2D eigenvalue weighted by atomic mass is 10.1. The molecule has 0 aliphatic rings. The first-order valence-corrected chi connectivity index (χ1v) is 7.39. The van der Waals surface area contributed by atoms with E-state index in [4.69, 9.17) is 0 Å². The molecule has 4 nitrogen and oxygen atoms in total. The van der Waals surface area contributed by atoms with Crippen LogP contribution < -0.4 is 0 Å². The minimum absolute atomic E-state index is 0.151. The van der Waals surface area contributed by atoms with Gasteiger partial charge in [-0.2, -0.15) is 0 Å². The molecule has 0 aliphatic carbocycles. The largest absolute Gasteiger partial charge is 0.466 e. The number of hydrogen-bond acceptors (Lipinski definition) is 4. The van der Waals surface area contributed by atoms with Crippen molar-refractivity contribution in [3.8, 4) is 0 Å². The van der Waals surface area contributed by atoms with E-state index < -0.39 is 16.8 Å². The second kappa shape index (κ2) is 7.19. The molecule has 0 heterocycles. The van der Waals surface area contributed by atoms with E-state index in [-0.39, 0.29) is 24.6 Å². The molecule has 1 rings (SSSR count). The van der Waals surface area contributed by atoms with Crippen LogP contribution in [0.15, 0.2) is 23.1 Å². The number of aryl methyl sites for hydroxylation is 2. The van der Waals surface area contributed by atoms with Crippen LogP contribution in [0.3, 0.4) is 0 Å². The molecule has 0 saturated heterocycles. The van der Waals surface area contributed by atoms with Crippen LogP contribution in [0.4, 0.5) is 0 Å². The van der Waals surface area contributed by atoms with Crippen molar-refractivity contribution < 1.29 is 18.5 Å². The van der Waals surface area contributed by atoms with Gasteiger partial charge in [0, 0.05) is 4.90 Å². The van der Waals surface area contributed by atoms with Gasteiger partial charge < -0.3 is 4.74 Å². The number of ketones is 1. The molecule has 104 valence electrons. The number of carbonyl (C=O) groups is 2. The van der Waals surface area contributed by atoms with Gasteiger partial charge in [-0.25, -0.2) is 0 Å². The lowest BCUT2D eigenvalue weighted by molar-refractivity contribution is -0.145. The van der Waals surface area contributed by atoms with Gasteiger partial charge >= 0.3 is 5.97 Å². The van der Waals surface area contributed by atoms with Crippen molar-refractivity contribution in [2.75, 3.05) is 12.4 Å². The molecule has 0 bridgehead atoms. The smallest absolute Gasteiger partial charge is 0.313 e. The summed E-state index contributed by atoms with van der Waals surface area (Å²) in [6, 6.07) is 5.43. The van der Waals surface area contributed by atoms with Gasteiger partial charge in [0.1, 0.15) is 6.42 Å². The Balaban J connectivity index is 2.61. The number of Topliss-reactive ketones (excluding diaryl/α,β-unsaturated/α-hetero) is 1. The third-order valence-electron chi connectivity index (χ3n) is 2.68. The molecule has 0 saturated carbocycles. The second-order valence-electron chi connectivity index (χ2n) is 4.26. The molecule has 5 heteroatoms. The number of ether oxygens (including phenoxy) is 1. The normalized spacial score (nSPS) is 11.9. The maximum absolute atomic E-state index is 12.0. The van der Waals surface area contributed by atoms with Crippen LogP contribution >= 0.6 is 0 Å². The Morgan fingerprint density at radius 1 is 1.21 bits per heavy atom. The van der Waals surface area contributed by atoms with Crippen LogP contribution in [-0.4, -0.2) is 28.3 Å². The first kappa shape index (κ1) is 15.6. The molecule has 0 spiro atoms. The average molecular weight is 282 g/mol. The standard InChI is InChI=1S/C14H18O4S/c1-4-18-14(16)8-12(15)9-19(17)13-6-5-10(2)11(3)7-13/h5-7H,4,8-9H2,1-3H3. The van der Waals surface area contributed by atoms with E-state index in [1.165, 1.54) is 0 Å². The monoisotopic (exact) mass is 282 g/mol. The number of rotatable bonds is 6. The number of carbonyl (C=O) groups excluding carboxylic acids is 2. The summed E-state index contributed by atoms with van der Waals surface area (Å²) < 4.78 is 16.7. The fourth-order valence-electron chi connectivity index (χ4n) is 1.51. The van der Waals surface area contributed by atoms with Crippen molar-refractivity contribution in [3.63, 3.8) is 0 Å². The van der Waals surface area contributed by atoms with Crippen molar-refractivity contribution in [2.45, 2.75) is 32.1 Å². The van der Waals surface area contributed by atoms with Crippen LogP contribution in [0.25, 0.3) is 0 Å². The molecule has 1 atom stereocenters. The Morgan fingerprint density at radius 3 is 2.47 bits per heavy atom. The molecule has 19 heavy (non-hydrogen) atoms. The zero-order valence-corrected chi connectivity index (χ0v) is 12.2.